The lowest BCUT2D eigenvalue weighted by molar-refractivity contribution is -0.140. The minimum Gasteiger partial charge on any atom is -0.480 e. The molecular weight excluding hydrogens is 346 g/mol. The van der Waals surface area contributed by atoms with E-state index >= 15 is 0 Å². The molecule has 0 aliphatic heterocycles. The summed E-state index contributed by atoms with van der Waals surface area (Å²) in [7, 11) is 0. The number of rotatable bonds is 13. The molecule has 5 heteroatoms. The van der Waals surface area contributed by atoms with Gasteiger partial charge < -0.3 is 10.4 Å². The lowest BCUT2D eigenvalue weighted by atomic mass is 10.1. The molecule has 0 saturated heterocycles. The van der Waals surface area contributed by atoms with Crippen LogP contribution in [0.5, 0.6) is 0 Å². The number of hydrogen-bond acceptors (Lipinski definition) is 3. The van der Waals surface area contributed by atoms with E-state index in [4.69, 9.17) is 5.11 Å². The van der Waals surface area contributed by atoms with Gasteiger partial charge in [-0.1, -0.05) is 41.5 Å². The Morgan fingerprint density at radius 3 is 2.15 bits per heavy atom. The van der Waals surface area contributed by atoms with Gasteiger partial charge >= 0.3 is 5.97 Å². The van der Waals surface area contributed by atoms with Crippen molar-refractivity contribution in [3.8, 4) is 0 Å². The highest BCUT2D eigenvalue weighted by Crippen LogP contribution is 2.13. The fourth-order valence-corrected chi connectivity index (χ4v) is 3.13. The molecule has 0 fully saturated rings. The number of aliphatic carboxylic acids is 1. The molecule has 1 unspecified atom stereocenters. The van der Waals surface area contributed by atoms with Crippen LogP contribution in [0.25, 0.3) is 0 Å². The fraction of sp³-hybridized carbons (Fsp3) is 0.524. The van der Waals surface area contributed by atoms with Gasteiger partial charge in [-0.05, 0) is 59.5 Å². The molecular formula is C21H33NO3S. The van der Waals surface area contributed by atoms with E-state index in [-0.39, 0.29) is 0 Å². The third kappa shape index (κ3) is 13.5. The number of carbonyl (C=O) groups excluding carboxylic acids is 1. The molecule has 0 bridgehead atoms. The van der Waals surface area contributed by atoms with E-state index in [1.54, 1.807) is 0 Å². The molecule has 146 valence electrons. The molecule has 0 heterocycles. The quantitative estimate of drug-likeness (QED) is 0.271. The standard InChI is InChI=1S/C21H33NO3S/c1-6-20(23)22-19(21(24)25)15-26-14-13-18(5)12-8-11-17(4)10-7-9-16(2)3/h6,9,11,13,19H,1,7-8,10,12,14-15H2,2-5H3,(H,22,23)(H,24,25)/b17-11+,18-13+. The van der Waals surface area contributed by atoms with Crippen molar-refractivity contribution in [2.75, 3.05) is 11.5 Å². The highest BCUT2D eigenvalue weighted by Gasteiger charge is 2.18. The molecule has 26 heavy (non-hydrogen) atoms. The first-order valence-corrected chi connectivity index (χ1v) is 10.1. The molecule has 0 aromatic carbocycles. The topological polar surface area (TPSA) is 66.4 Å². The van der Waals surface area contributed by atoms with E-state index in [2.05, 4.69) is 57.8 Å². The smallest absolute Gasteiger partial charge is 0.327 e. The van der Waals surface area contributed by atoms with Gasteiger partial charge in [-0.25, -0.2) is 4.79 Å². The van der Waals surface area contributed by atoms with Gasteiger partial charge in [0.2, 0.25) is 5.91 Å². The summed E-state index contributed by atoms with van der Waals surface area (Å²) in [6, 6.07) is -0.884. The summed E-state index contributed by atoms with van der Waals surface area (Å²) in [5, 5.41) is 11.5. The lowest BCUT2D eigenvalue weighted by Gasteiger charge is -2.12. The van der Waals surface area contributed by atoms with E-state index in [1.165, 1.54) is 28.5 Å². The second-order valence-corrected chi connectivity index (χ2v) is 7.68. The van der Waals surface area contributed by atoms with Crippen molar-refractivity contribution < 1.29 is 14.7 Å². The third-order valence-electron chi connectivity index (χ3n) is 3.76. The van der Waals surface area contributed by atoms with Crippen molar-refractivity contribution in [2.24, 2.45) is 0 Å². The predicted octanol–water partition coefficient (Wildman–Crippen LogP) is 4.89. The molecule has 0 aromatic heterocycles. The lowest BCUT2D eigenvalue weighted by Crippen LogP contribution is -2.41. The second kappa shape index (κ2) is 14.4. The molecule has 0 aliphatic rings. The Balaban J connectivity index is 4.13. The number of amides is 1. The molecule has 0 spiro atoms. The number of carboxylic acid groups (broad SMARTS) is 1. The van der Waals surface area contributed by atoms with Crippen molar-refractivity contribution in [2.45, 2.75) is 59.4 Å². The number of carboxylic acids is 1. The number of allylic oxidation sites excluding steroid dienone is 5. The first-order valence-electron chi connectivity index (χ1n) is 8.94. The van der Waals surface area contributed by atoms with Crippen molar-refractivity contribution in [3.05, 3.63) is 47.6 Å². The van der Waals surface area contributed by atoms with Gasteiger partial charge in [-0.15, -0.1) is 0 Å². The summed E-state index contributed by atoms with van der Waals surface area (Å²) in [5.74, 6) is -0.413. The summed E-state index contributed by atoms with van der Waals surface area (Å²) < 4.78 is 0. The maximum absolute atomic E-state index is 11.2. The number of nitrogens with one attached hydrogen (secondary N) is 1. The zero-order valence-corrected chi connectivity index (χ0v) is 17.3. The van der Waals surface area contributed by atoms with Crippen LogP contribution in [0.2, 0.25) is 0 Å². The molecule has 0 radical (unpaired) electrons. The Labute approximate surface area is 162 Å². The van der Waals surface area contributed by atoms with Crippen LogP contribution in [0.1, 0.15) is 53.4 Å². The minimum atomic E-state index is -1.03. The predicted molar refractivity (Wildman–Crippen MR) is 113 cm³/mol. The first kappa shape index (κ1) is 24.2. The van der Waals surface area contributed by atoms with Crippen LogP contribution in [0, 0.1) is 0 Å². The zero-order valence-electron chi connectivity index (χ0n) is 16.5. The Morgan fingerprint density at radius 1 is 1.04 bits per heavy atom. The zero-order chi connectivity index (χ0) is 19.9. The van der Waals surface area contributed by atoms with E-state index in [9.17, 15) is 9.59 Å². The number of carbonyl (C=O) groups is 2. The third-order valence-corrected chi connectivity index (χ3v) is 4.73. The van der Waals surface area contributed by atoms with Crippen LogP contribution in [0.3, 0.4) is 0 Å². The van der Waals surface area contributed by atoms with E-state index in [1.807, 2.05) is 0 Å². The van der Waals surface area contributed by atoms with Crippen LogP contribution in [-0.2, 0) is 9.59 Å². The van der Waals surface area contributed by atoms with Crippen molar-refractivity contribution in [1.82, 2.24) is 5.32 Å². The summed E-state index contributed by atoms with van der Waals surface area (Å²) in [6.07, 6.45) is 12.0. The molecule has 0 aromatic rings. The van der Waals surface area contributed by atoms with Gasteiger partial charge in [0.05, 0.1) is 0 Å². The van der Waals surface area contributed by atoms with Crippen molar-refractivity contribution >= 4 is 23.6 Å². The maximum atomic E-state index is 11.2. The van der Waals surface area contributed by atoms with Crippen LogP contribution in [0.15, 0.2) is 47.6 Å². The fourth-order valence-electron chi connectivity index (χ4n) is 2.13. The van der Waals surface area contributed by atoms with Crippen molar-refractivity contribution in [1.29, 1.82) is 0 Å². The van der Waals surface area contributed by atoms with E-state index < -0.39 is 17.9 Å². The highest BCUT2D eigenvalue weighted by molar-refractivity contribution is 7.99. The summed E-state index contributed by atoms with van der Waals surface area (Å²) in [6.45, 7) is 11.8. The van der Waals surface area contributed by atoms with Gasteiger partial charge in [0.15, 0.2) is 0 Å². The monoisotopic (exact) mass is 379 g/mol. The molecule has 0 saturated carbocycles. The first-order chi connectivity index (χ1) is 12.3. The van der Waals surface area contributed by atoms with Crippen molar-refractivity contribution in [3.63, 3.8) is 0 Å². The molecule has 0 rings (SSSR count). The minimum absolute atomic E-state index is 0.335. The van der Waals surface area contributed by atoms with Gasteiger partial charge in [0.25, 0.3) is 0 Å². The second-order valence-electron chi connectivity index (χ2n) is 6.60. The van der Waals surface area contributed by atoms with Gasteiger partial charge in [0, 0.05) is 11.5 Å². The molecule has 0 aliphatic carbocycles. The number of thioether (sulfide) groups is 1. The van der Waals surface area contributed by atoms with Crippen LogP contribution >= 0.6 is 11.8 Å². The number of hydrogen-bond donors (Lipinski definition) is 2. The van der Waals surface area contributed by atoms with Gasteiger partial charge in [-0.2, -0.15) is 11.8 Å². The Morgan fingerprint density at radius 2 is 1.62 bits per heavy atom. The Kier molecular flexibility index (Phi) is 13.5. The van der Waals surface area contributed by atoms with Crippen LogP contribution < -0.4 is 5.32 Å². The van der Waals surface area contributed by atoms with Gasteiger partial charge in [0.1, 0.15) is 6.04 Å². The SMILES string of the molecule is C=CC(=O)NC(CSC/C=C(\C)CC/C=C(\C)CCC=C(C)C)C(=O)O. The summed E-state index contributed by atoms with van der Waals surface area (Å²) in [5.41, 5.74) is 4.09. The summed E-state index contributed by atoms with van der Waals surface area (Å²) in [4.78, 5) is 22.3. The molecule has 1 atom stereocenters. The van der Waals surface area contributed by atoms with E-state index in [0.717, 1.165) is 37.5 Å². The largest absolute Gasteiger partial charge is 0.480 e. The Bertz CT molecular complexity index is 558. The van der Waals surface area contributed by atoms with Crippen LogP contribution in [0.4, 0.5) is 0 Å². The van der Waals surface area contributed by atoms with Gasteiger partial charge in [-0.3, -0.25) is 4.79 Å². The van der Waals surface area contributed by atoms with E-state index in [0.29, 0.717) is 5.75 Å². The average Bonchev–Trinajstić information content (AvgIpc) is 2.56. The Hall–Kier alpha value is -1.75. The molecule has 1 amide bonds. The summed E-state index contributed by atoms with van der Waals surface area (Å²) >= 11 is 1.50. The average molecular weight is 380 g/mol. The maximum Gasteiger partial charge on any atom is 0.327 e. The normalized spacial score (nSPS) is 13.1. The highest BCUT2D eigenvalue weighted by atomic mass is 32.2. The molecule has 2 N–H and O–H groups in total. The molecule has 4 nitrogen and oxygen atoms in total. The van der Waals surface area contributed by atoms with Crippen LogP contribution in [-0.4, -0.2) is 34.5 Å².